The maximum absolute atomic E-state index is 13.2. The fourth-order valence-corrected chi connectivity index (χ4v) is 4.85. The molecular weight excluding hydrogens is 388 g/mol. The molecule has 0 radical (unpaired) electrons. The van der Waals surface area contributed by atoms with Gasteiger partial charge in [0.1, 0.15) is 12.3 Å². The first-order valence-corrected chi connectivity index (χ1v) is 11.5. The summed E-state index contributed by atoms with van der Waals surface area (Å²) in [5.74, 6) is 1.22. The van der Waals surface area contributed by atoms with Crippen molar-refractivity contribution < 1.29 is 19.3 Å². The summed E-state index contributed by atoms with van der Waals surface area (Å²) >= 11 is 0. The first kappa shape index (κ1) is 21.7. The number of carbonyl (C=O) groups is 1. The number of piperazine rings is 2. The Morgan fingerprint density at radius 2 is 1.68 bits per heavy atom. The highest BCUT2D eigenvalue weighted by molar-refractivity contribution is 5.80. The van der Waals surface area contributed by atoms with E-state index >= 15 is 0 Å². The minimum atomic E-state index is 0.0307. The van der Waals surface area contributed by atoms with Crippen LogP contribution < -0.4 is 19.4 Å². The molecule has 4 rings (SSSR count). The molecule has 166 valence electrons. The van der Waals surface area contributed by atoms with Crippen molar-refractivity contribution in [2.75, 3.05) is 64.4 Å². The smallest absolute Gasteiger partial charge is 0.280 e. The predicted molar refractivity (Wildman–Crippen MR) is 123 cm³/mol. The molecule has 2 N–H and O–H groups in total. The number of benzene rings is 2. The van der Waals surface area contributed by atoms with Gasteiger partial charge in [0.2, 0.25) is 0 Å². The van der Waals surface area contributed by atoms with Crippen LogP contribution in [0.3, 0.4) is 0 Å². The van der Waals surface area contributed by atoms with Gasteiger partial charge in [0.15, 0.2) is 6.04 Å². The van der Waals surface area contributed by atoms with Gasteiger partial charge in [-0.2, -0.15) is 0 Å². The minimum absolute atomic E-state index is 0.0307. The Kier molecular flexibility index (Phi) is 7.10. The van der Waals surface area contributed by atoms with Crippen molar-refractivity contribution in [3.05, 3.63) is 60.2 Å². The second kappa shape index (κ2) is 10.2. The quantitative estimate of drug-likeness (QED) is 0.670. The largest absolute Gasteiger partial charge is 0.497 e. The molecule has 2 aliphatic rings. The lowest BCUT2D eigenvalue weighted by Gasteiger charge is -2.38. The predicted octanol–water partition coefficient (Wildman–Crippen LogP) is -0.284. The number of rotatable bonds is 6. The van der Waals surface area contributed by atoms with E-state index in [2.05, 4.69) is 59.2 Å². The number of nitrogens with one attached hydrogen (secondary N) is 2. The molecule has 2 saturated heterocycles. The molecule has 0 bridgehead atoms. The topological polar surface area (TPSA) is 41.7 Å². The fraction of sp³-hybridized carbons (Fsp3) is 0.480. The minimum Gasteiger partial charge on any atom is -0.497 e. The summed E-state index contributed by atoms with van der Waals surface area (Å²) in [6.45, 7) is 10.9. The Labute approximate surface area is 186 Å². The average Bonchev–Trinajstić information content (AvgIpc) is 2.84. The van der Waals surface area contributed by atoms with Gasteiger partial charge in [0.05, 0.1) is 59.5 Å². The van der Waals surface area contributed by atoms with E-state index in [9.17, 15) is 4.79 Å². The summed E-state index contributed by atoms with van der Waals surface area (Å²) in [6, 6.07) is 18.9. The lowest BCUT2D eigenvalue weighted by atomic mass is 10.1. The SMILES string of the molecule is COc1cccc(N2CC[NH+]([C@@H](C)C(=O)N3CC[NH+](Cc4ccccc4)CC3)CC2)c1. The summed E-state index contributed by atoms with van der Waals surface area (Å²) < 4.78 is 5.36. The van der Waals surface area contributed by atoms with Crippen LogP contribution in [0.5, 0.6) is 5.75 Å². The first-order chi connectivity index (χ1) is 15.1. The van der Waals surface area contributed by atoms with Crippen molar-refractivity contribution in [2.24, 2.45) is 0 Å². The molecule has 2 aromatic rings. The van der Waals surface area contributed by atoms with Crippen molar-refractivity contribution in [1.29, 1.82) is 0 Å². The lowest BCUT2D eigenvalue weighted by molar-refractivity contribution is -0.920. The summed E-state index contributed by atoms with van der Waals surface area (Å²) in [5, 5.41) is 0. The van der Waals surface area contributed by atoms with Crippen LogP contribution in [0.2, 0.25) is 0 Å². The first-order valence-electron chi connectivity index (χ1n) is 11.5. The molecule has 2 aliphatic heterocycles. The third kappa shape index (κ3) is 5.38. The van der Waals surface area contributed by atoms with Crippen LogP contribution in [0.1, 0.15) is 12.5 Å². The zero-order valence-electron chi connectivity index (χ0n) is 18.8. The molecule has 0 unspecified atom stereocenters. The van der Waals surface area contributed by atoms with Gasteiger partial charge in [-0.1, -0.05) is 36.4 Å². The average molecular weight is 425 g/mol. The monoisotopic (exact) mass is 424 g/mol. The molecule has 2 heterocycles. The number of methoxy groups -OCH3 is 1. The van der Waals surface area contributed by atoms with E-state index in [1.807, 2.05) is 12.1 Å². The fourth-order valence-electron chi connectivity index (χ4n) is 4.85. The highest BCUT2D eigenvalue weighted by Crippen LogP contribution is 2.20. The maximum Gasteiger partial charge on any atom is 0.280 e. The maximum atomic E-state index is 13.2. The Balaban J connectivity index is 1.24. The van der Waals surface area contributed by atoms with E-state index in [0.29, 0.717) is 5.91 Å². The van der Waals surface area contributed by atoms with E-state index in [4.69, 9.17) is 4.74 Å². The van der Waals surface area contributed by atoms with Crippen LogP contribution in [0.15, 0.2) is 54.6 Å². The second-order valence-corrected chi connectivity index (χ2v) is 8.81. The Morgan fingerprint density at radius 3 is 2.35 bits per heavy atom. The molecule has 1 amide bonds. The van der Waals surface area contributed by atoms with Gasteiger partial charge in [0.25, 0.3) is 5.91 Å². The molecule has 0 aromatic heterocycles. The van der Waals surface area contributed by atoms with Crippen LogP contribution >= 0.6 is 0 Å². The van der Waals surface area contributed by atoms with Gasteiger partial charge in [-0.15, -0.1) is 0 Å². The van der Waals surface area contributed by atoms with Crippen molar-refractivity contribution in [2.45, 2.75) is 19.5 Å². The number of carbonyl (C=O) groups excluding carboxylic acids is 1. The number of ether oxygens (including phenoxy) is 1. The van der Waals surface area contributed by atoms with Crippen LogP contribution in [-0.2, 0) is 11.3 Å². The van der Waals surface area contributed by atoms with E-state index in [0.717, 1.165) is 64.7 Å². The van der Waals surface area contributed by atoms with Crippen molar-refractivity contribution >= 4 is 11.6 Å². The van der Waals surface area contributed by atoms with Crippen molar-refractivity contribution in [1.82, 2.24) is 4.90 Å². The van der Waals surface area contributed by atoms with Gasteiger partial charge >= 0.3 is 0 Å². The van der Waals surface area contributed by atoms with Crippen LogP contribution in [-0.4, -0.2) is 76.3 Å². The normalized spacial score (nSPS) is 19.3. The Hall–Kier alpha value is -2.57. The van der Waals surface area contributed by atoms with Crippen LogP contribution in [0, 0.1) is 0 Å². The Bertz CT molecular complexity index is 844. The standard InChI is InChI=1S/C25H34N4O2/c1-21(27-15-17-28(18-16-27)23-9-6-10-24(19-23)31-2)25(30)29-13-11-26(12-14-29)20-22-7-4-3-5-8-22/h3-10,19,21H,11-18,20H2,1-2H3/p+2/t21-/m0/s1. The lowest BCUT2D eigenvalue weighted by Crippen LogP contribution is -3.19. The molecule has 0 aliphatic carbocycles. The number of amides is 1. The zero-order valence-corrected chi connectivity index (χ0v) is 18.8. The third-order valence-corrected chi connectivity index (χ3v) is 6.89. The number of quaternary nitrogens is 2. The van der Waals surface area contributed by atoms with Crippen LogP contribution in [0.25, 0.3) is 0 Å². The zero-order chi connectivity index (χ0) is 21.6. The highest BCUT2D eigenvalue weighted by Gasteiger charge is 2.34. The van der Waals surface area contributed by atoms with Gasteiger partial charge < -0.3 is 24.3 Å². The van der Waals surface area contributed by atoms with Crippen molar-refractivity contribution in [3.8, 4) is 5.75 Å². The molecule has 1 atom stereocenters. The summed E-state index contributed by atoms with van der Waals surface area (Å²) in [5.41, 5.74) is 2.58. The number of nitrogens with zero attached hydrogens (tertiary/aromatic N) is 2. The molecule has 2 fully saturated rings. The van der Waals surface area contributed by atoms with E-state index < -0.39 is 0 Å². The molecule has 0 spiro atoms. The highest BCUT2D eigenvalue weighted by atomic mass is 16.5. The molecule has 6 heteroatoms. The van der Waals surface area contributed by atoms with E-state index in [-0.39, 0.29) is 6.04 Å². The van der Waals surface area contributed by atoms with Gasteiger partial charge in [-0.3, -0.25) is 4.79 Å². The summed E-state index contributed by atoms with van der Waals surface area (Å²) in [6.07, 6.45) is 0. The summed E-state index contributed by atoms with van der Waals surface area (Å²) in [7, 11) is 1.71. The molecule has 0 saturated carbocycles. The van der Waals surface area contributed by atoms with E-state index in [1.54, 1.807) is 12.0 Å². The molecule has 6 nitrogen and oxygen atoms in total. The van der Waals surface area contributed by atoms with Gasteiger partial charge in [0, 0.05) is 17.3 Å². The molecule has 31 heavy (non-hydrogen) atoms. The second-order valence-electron chi connectivity index (χ2n) is 8.81. The van der Waals surface area contributed by atoms with Gasteiger partial charge in [-0.05, 0) is 19.1 Å². The van der Waals surface area contributed by atoms with Crippen LogP contribution in [0.4, 0.5) is 5.69 Å². The number of anilines is 1. The summed E-state index contributed by atoms with van der Waals surface area (Å²) in [4.78, 5) is 20.6. The third-order valence-electron chi connectivity index (χ3n) is 6.89. The van der Waals surface area contributed by atoms with Gasteiger partial charge in [-0.25, -0.2) is 0 Å². The molecular formula is C25H36N4O2+2. The van der Waals surface area contributed by atoms with Crippen molar-refractivity contribution in [3.63, 3.8) is 0 Å². The number of hydrogen-bond donors (Lipinski definition) is 2. The van der Waals surface area contributed by atoms with E-state index in [1.165, 1.54) is 16.2 Å². The Morgan fingerprint density at radius 1 is 0.968 bits per heavy atom. The number of hydrogen-bond acceptors (Lipinski definition) is 3. The molecule has 2 aromatic carbocycles.